The first-order chi connectivity index (χ1) is 32.8. The minimum Gasteiger partial charge on any atom is -0.394 e. The molecule has 0 aliphatic carbocycles. The van der Waals surface area contributed by atoms with Gasteiger partial charge in [-0.25, -0.2) is 0 Å². The highest BCUT2D eigenvalue weighted by Crippen LogP contribution is 2.23. The minimum atomic E-state index is -1.56. The van der Waals surface area contributed by atoms with Crippen molar-refractivity contribution < 1.29 is 39.8 Å². The first-order valence-corrected chi connectivity index (χ1v) is 29.1. The van der Waals surface area contributed by atoms with Crippen LogP contribution in [0.2, 0.25) is 0 Å². The summed E-state index contributed by atoms with van der Waals surface area (Å²) in [6.45, 7) is 3.81. The lowest BCUT2D eigenvalue weighted by atomic mass is 9.99. The number of carbonyl (C=O) groups excluding carboxylic acids is 1. The van der Waals surface area contributed by atoms with Crippen LogP contribution < -0.4 is 5.32 Å². The van der Waals surface area contributed by atoms with Gasteiger partial charge in [0.1, 0.15) is 24.4 Å². The summed E-state index contributed by atoms with van der Waals surface area (Å²) >= 11 is 0. The Morgan fingerprint density at radius 1 is 0.493 bits per heavy atom. The zero-order chi connectivity index (χ0) is 48.7. The fourth-order valence-electron chi connectivity index (χ4n) is 9.39. The zero-order valence-electron chi connectivity index (χ0n) is 43.9. The number of unbranched alkanes of at least 4 members (excludes halogenated alkanes) is 38. The van der Waals surface area contributed by atoms with Crippen LogP contribution in [-0.4, -0.2) is 87.5 Å². The lowest BCUT2D eigenvalue weighted by molar-refractivity contribution is -0.302. The summed E-state index contributed by atoms with van der Waals surface area (Å²) in [6.07, 6.45) is 53.9. The largest absolute Gasteiger partial charge is 0.394 e. The second-order valence-corrected chi connectivity index (χ2v) is 20.4. The number of hydrogen-bond donors (Lipinski definition) is 6. The zero-order valence-corrected chi connectivity index (χ0v) is 43.9. The molecule has 67 heavy (non-hydrogen) atoms. The summed E-state index contributed by atoms with van der Waals surface area (Å²) < 4.78 is 11.3. The molecule has 0 bridgehead atoms. The van der Waals surface area contributed by atoms with Crippen LogP contribution in [0.4, 0.5) is 0 Å². The van der Waals surface area contributed by atoms with E-state index in [0.717, 1.165) is 38.5 Å². The Balaban J connectivity index is 2.16. The van der Waals surface area contributed by atoms with E-state index >= 15 is 0 Å². The SMILES string of the molecule is CCCCCCCCCCCCCC/C=C\CCCCCCCCCCCCCCCC(=O)NC(COC1OC(CO)C(O)C(O)C1O)C(O)/C=C/CCCCCCCCCCCCCCC. The second-order valence-electron chi connectivity index (χ2n) is 20.4. The number of nitrogens with one attached hydrogen (secondary N) is 1. The molecule has 0 radical (unpaired) electrons. The first kappa shape index (κ1) is 63.7. The number of aliphatic hydroxyl groups is 5. The van der Waals surface area contributed by atoms with Crippen LogP contribution in [0.5, 0.6) is 0 Å². The van der Waals surface area contributed by atoms with Crippen molar-refractivity contribution in [3.8, 4) is 0 Å². The average Bonchev–Trinajstić information content (AvgIpc) is 3.33. The summed E-state index contributed by atoms with van der Waals surface area (Å²) in [5.74, 6) is -0.173. The summed E-state index contributed by atoms with van der Waals surface area (Å²) in [5, 5.41) is 54.4. The van der Waals surface area contributed by atoms with Crippen LogP contribution in [-0.2, 0) is 14.3 Å². The number of rotatable bonds is 50. The van der Waals surface area contributed by atoms with Crippen LogP contribution >= 0.6 is 0 Å². The van der Waals surface area contributed by atoms with Crippen molar-refractivity contribution in [1.82, 2.24) is 5.32 Å². The van der Waals surface area contributed by atoms with Gasteiger partial charge in [0, 0.05) is 6.42 Å². The molecule has 1 saturated heterocycles. The van der Waals surface area contributed by atoms with E-state index in [4.69, 9.17) is 9.47 Å². The topological polar surface area (TPSA) is 149 Å². The van der Waals surface area contributed by atoms with Gasteiger partial charge in [-0.15, -0.1) is 0 Å². The molecule has 7 atom stereocenters. The van der Waals surface area contributed by atoms with Gasteiger partial charge in [0.15, 0.2) is 6.29 Å². The molecule has 6 N–H and O–H groups in total. The highest BCUT2D eigenvalue weighted by molar-refractivity contribution is 5.76. The standard InChI is InChI=1S/C58H111NO8/c1-3-5-7-9-11-13-15-17-19-20-21-22-23-24-25-26-27-28-29-30-31-32-34-36-38-40-42-44-46-48-54(62)59-51(50-66-58-57(65)56(64)55(63)53(49-60)67-58)52(61)47-45-43-41-39-37-35-33-18-16-14-12-10-8-6-4-2/h24-25,45,47,51-53,55-58,60-61,63-65H,3-23,26-44,46,48-50H2,1-2H3,(H,59,62)/b25-24-,47-45+. The molecule has 7 unspecified atom stereocenters. The van der Waals surface area contributed by atoms with Gasteiger partial charge in [0.05, 0.1) is 25.4 Å². The lowest BCUT2D eigenvalue weighted by Crippen LogP contribution is -2.60. The number of aliphatic hydroxyl groups excluding tert-OH is 5. The van der Waals surface area contributed by atoms with Crippen LogP contribution in [0, 0.1) is 0 Å². The van der Waals surface area contributed by atoms with Crippen molar-refractivity contribution in [1.29, 1.82) is 0 Å². The minimum absolute atomic E-state index is 0.173. The molecule has 1 amide bonds. The van der Waals surface area contributed by atoms with E-state index in [0.29, 0.717) is 6.42 Å². The van der Waals surface area contributed by atoms with Crippen molar-refractivity contribution in [3.05, 3.63) is 24.3 Å². The molecule has 1 aliphatic rings. The van der Waals surface area contributed by atoms with Gasteiger partial charge in [-0.05, 0) is 44.9 Å². The van der Waals surface area contributed by atoms with Gasteiger partial charge in [-0.2, -0.15) is 0 Å². The van der Waals surface area contributed by atoms with E-state index in [2.05, 4.69) is 31.3 Å². The Morgan fingerprint density at radius 3 is 1.21 bits per heavy atom. The van der Waals surface area contributed by atoms with Crippen molar-refractivity contribution in [2.75, 3.05) is 13.2 Å². The van der Waals surface area contributed by atoms with Crippen molar-refractivity contribution in [2.24, 2.45) is 0 Å². The molecule has 0 aromatic carbocycles. The van der Waals surface area contributed by atoms with E-state index in [1.165, 1.54) is 225 Å². The number of amides is 1. The van der Waals surface area contributed by atoms with Crippen molar-refractivity contribution in [2.45, 2.75) is 326 Å². The molecular weight excluding hydrogens is 839 g/mol. The fraction of sp³-hybridized carbons (Fsp3) is 0.914. The molecule has 0 aromatic heterocycles. The third-order valence-electron chi connectivity index (χ3n) is 14.0. The Labute approximate surface area is 413 Å². The molecule has 396 valence electrons. The molecule has 0 aromatic rings. The average molecular weight is 951 g/mol. The van der Waals surface area contributed by atoms with Gasteiger partial charge in [-0.1, -0.05) is 256 Å². The number of carbonyl (C=O) groups is 1. The van der Waals surface area contributed by atoms with Gasteiger partial charge < -0.3 is 40.3 Å². The highest BCUT2D eigenvalue weighted by atomic mass is 16.7. The number of hydrogen-bond acceptors (Lipinski definition) is 8. The Kier molecular flexibility index (Phi) is 45.9. The summed E-state index contributed by atoms with van der Waals surface area (Å²) in [7, 11) is 0. The predicted octanol–water partition coefficient (Wildman–Crippen LogP) is 14.2. The molecule has 1 fully saturated rings. The molecule has 9 heteroatoms. The maximum atomic E-state index is 13.0. The molecule has 1 heterocycles. The molecule has 9 nitrogen and oxygen atoms in total. The van der Waals surface area contributed by atoms with Crippen LogP contribution in [0.25, 0.3) is 0 Å². The van der Waals surface area contributed by atoms with Gasteiger partial charge in [0.2, 0.25) is 5.91 Å². The third-order valence-corrected chi connectivity index (χ3v) is 14.0. The first-order valence-electron chi connectivity index (χ1n) is 29.1. The Morgan fingerprint density at radius 2 is 0.836 bits per heavy atom. The monoisotopic (exact) mass is 950 g/mol. The van der Waals surface area contributed by atoms with Crippen LogP contribution in [0.15, 0.2) is 24.3 Å². The number of ether oxygens (including phenoxy) is 2. The van der Waals surface area contributed by atoms with Crippen LogP contribution in [0.1, 0.15) is 284 Å². The van der Waals surface area contributed by atoms with E-state index < -0.39 is 49.5 Å². The van der Waals surface area contributed by atoms with Crippen LogP contribution in [0.3, 0.4) is 0 Å². The lowest BCUT2D eigenvalue weighted by Gasteiger charge is -2.40. The molecule has 0 saturated carbocycles. The second kappa shape index (κ2) is 48.3. The third kappa shape index (κ3) is 38.1. The van der Waals surface area contributed by atoms with Crippen molar-refractivity contribution in [3.63, 3.8) is 0 Å². The van der Waals surface area contributed by atoms with Gasteiger partial charge >= 0.3 is 0 Å². The van der Waals surface area contributed by atoms with E-state index in [-0.39, 0.29) is 12.5 Å². The van der Waals surface area contributed by atoms with Crippen molar-refractivity contribution >= 4 is 5.91 Å². The predicted molar refractivity (Wildman–Crippen MR) is 281 cm³/mol. The summed E-state index contributed by atoms with van der Waals surface area (Å²) in [4.78, 5) is 13.0. The highest BCUT2D eigenvalue weighted by Gasteiger charge is 2.44. The molecular formula is C58H111NO8. The maximum Gasteiger partial charge on any atom is 0.220 e. The van der Waals surface area contributed by atoms with Gasteiger partial charge in [0.25, 0.3) is 0 Å². The molecule has 0 spiro atoms. The van der Waals surface area contributed by atoms with E-state index in [1.807, 2.05) is 6.08 Å². The smallest absolute Gasteiger partial charge is 0.220 e. The summed E-state index contributed by atoms with van der Waals surface area (Å²) in [5.41, 5.74) is 0. The molecule has 1 aliphatic heterocycles. The van der Waals surface area contributed by atoms with E-state index in [9.17, 15) is 30.3 Å². The normalized spacial score (nSPS) is 19.8. The maximum absolute atomic E-state index is 13.0. The summed E-state index contributed by atoms with van der Waals surface area (Å²) in [6, 6.07) is -0.802. The van der Waals surface area contributed by atoms with E-state index in [1.54, 1.807) is 6.08 Å². The number of allylic oxidation sites excluding steroid dienone is 3. The molecule has 1 rings (SSSR count). The quantitative estimate of drug-likeness (QED) is 0.0261. The van der Waals surface area contributed by atoms with Gasteiger partial charge in [-0.3, -0.25) is 4.79 Å². The Bertz CT molecular complexity index is 1100. The fourth-order valence-corrected chi connectivity index (χ4v) is 9.39. The Hall–Kier alpha value is -1.33.